The number of carbonyl (C=O) groups excluding carboxylic acids is 1. The fourth-order valence-electron chi connectivity index (χ4n) is 0.745. The third-order valence-electron chi connectivity index (χ3n) is 1.30. The standard InChI is InChI=1S/C8H6Cl2OS/c9-5-12-7-3-1-6(2-4-7)8(10)11/h1-4H,5H2. The lowest BCUT2D eigenvalue weighted by Crippen LogP contribution is -1.86. The van der Waals surface area contributed by atoms with E-state index in [0.29, 0.717) is 10.8 Å². The van der Waals surface area contributed by atoms with Crippen molar-refractivity contribution in [3.8, 4) is 0 Å². The number of alkyl halides is 1. The zero-order valence-electron chi connectivity index (χ0n) is 6.09. The largest absolute Gasteiger partial charge is 0.276 e. The second kappa shape index (κ2) is 4.75. The molecule has 0 unspecified atom stereocenters. The van der Waals surface area contributed by atoms with Crippen molar-refractivity contribution in [1.82, 2.24) is 0 Å². The SMILES string of the molecule is O=C(Cl)c1ccc(SCCl)cc1. The summed E-state index contributed by atoms with van der Waals surface area (Å²) in [4.78, 5) is 11.7. The van der Waals surface area contributed by atoms with Gasteiger partial charge in [-0.1, -0.05) is 0 Å². The van der Waals surface area contributed by atoms with Crippen LogP contribution in [0, 0.1) is 0 Å². The summed E-state index contributed by atoms with van der Waals surface area (Å²) in [6.45, 7) is 0. The maximum Gasteiger partial charge on any atom is 0.252 e. The summed E-state index contributed by atoms with van der Waals surface area (Å²) in [7, 11) is 0. The summed E-state index contributed by atoms with van der Waals surface area (Å²) in [5.74, 6) is 0. The van der Waals surface area contributed by atoms with Gasteiger partial charge in [0, 0.05) is 10.5 Å². The molecule has 0 aliphatic rings. The highest BCUT2D eigenvalue weighted by atomic mass is 35.5. The Morgan fingerprint density at radius 1 is 1.33 bits per heavy atom. The van der Waals surface area contributed by atoms with Crippen molar-refractivity contribution in [3.05, 3.63) is 29.8 Å². The molecule has 0 aliphatic carbocycles. The third kappa shape index (κ3) is 2.70. The molecule has 1 rings (SSSR count). The maximum atomic E-state index is 10.6. The molecule has 0 bridgehead atoms. The summed E-state index contributed by atoms with van der Waals surface area (Å²) in [6.07, 6.45) is 0. The lowest BCUT2D eigenvalue weighted by atomic mass is 10.2. The average molecular weight is 221 g/mol. The second-order valence-corrected chi connectivity index (χ2v) is 4.03. The Kier molecular flexibility index (Phi) is 3.92. The topological polar surface area (TPSA) is 17.1 Å². The van der Waals surface area contributed by atoms with Crippen molar-refractivity contribution >= 4 is 40.2 Å². The first-order chi connectivity index (χ1) is 5.74. The van der Waals surface area contributed by atoms with Gasteiger partial charge in [-0.25, -0.2) is 0 Å². The van der Waals surface area contributed by atoms with E-state index >= 15 is 0 Å². The zero-order valence-corrected chi connectivity index (χ0v) is 8.42. The number of halogens is 2. The van der Waals surface area contributed by atoms with E-state index in [0.717, 1.165) is 4.90 Å². The normalized spacial score (nSPS) is 9.83. The van der Waals surface area contributed by atoms with Crippen molar-refractivity contribution in [2.24, 2.45) is 0 Å². The first kappa shape index (κ1) is 9.90. The van der Waals surface area contributed by atoms with Crippen molar-refractivity contribution in [3.63, 3.8) is 0 Å². The first-order valence-electron chi connectivity index (χ1n) is 3.22. The Bertz CT molecular complexity index is 271. The molecular formula is C8H6Cl2OS. The van der Waals surface area contributed by atoms with Crippen molar-refractivity contribution in [2.45, 2.75) is 4.90 Å². The van der Waals surface area contributed by atoms with Crippen molar-refractivity contribution in [1.29, 1.82) is 0 Å². The highest BCUT2D eigenvalue weighted by Gasteiger charge is 2.00. The van der Waals surface area contributed by atoms with Gasteiger partial charge < -0.3 is 0 Å². The van der Waals surface area contributed by atoms with E-state index in [2.05, 4.69) is 0 Å². The van der Waals surface area contributed by atoms with Gasteiger partial charge in [0.05, 0.1) is 5.21 Å². The van der Waals surface area contributed by atoms with Gasteiger partial charge in [-0.15, -0.1) is 23.4 Å². The molecule has 0 aromatic heterocycles. The van der Waals surface area contributed by atoms with Gasteiger partial charge in [-0.3, -0.25) is 4.79 Å². The molecule has 0 N–H and O–H groups in total. The van der Waals surface area contributed by atoms with Crippen LogP contribution in [0.25, 0.3) is 0 Å². The van der Waals surface area contributed by atoms with Gasteiger partial charge >= 0.3 is 0 Å². The van der Waals surface area contributed by atoms with Gasteiger partial charge in [0.15, 0.2) is 0 Å². The zero-order chi connectivity index (χ0) is 8.97. The maximum absolute atomic E-state index is 10.6. The fourth-order valence-corrected chi connectivity index (χ4v) is 1.70. The molecular weight excluding hydrogens is 215 g/mol. The minimum absolute atomic E-state index is 0.433. The minimum Gasteiger partial charge on any atom is -0.276 e. The van der Waals surface area contributed by atoms with Crippen LogP contribution in [0.2, 0.25) is 0 Å². The Morgan fingerprint density at radius 2 is 1.92 bits per heavy atom. The summed E-state index contributed by atoms with van der Waals surface area (Å²) in [5, 5.41) is 0.0752. The molecule has 1 nitrogen and oxygen atoms in total. The van der Waals surface area contributed by atoms with E-state index in [1.807, 2.05) is 12.1 Å². The Labute approximate surface area is 85.1 Å². The van der Waals surface area contributed by atoms with Crippen LogP contribution in [0.4, 0.5) is 0 Å². The van der Waals surface area contributed by atoms with E-state index in [-0.39, 0.29) is 0 Å². The number of thioether (sulfide) groups is 1. The van der Waals surface area contributed by atoms with E-state index in [1.165, 1.54) is 11.8 Å². The smallest absolute Gasteiger partial charge is 0.252 e. The molecule has 64 valence electrons. The van der Waals surface area contributed by atoms with Crippen molar-refractivity contribution < 1.29 is 4.79 Å². The van der Waals surface area contributed by atoms with E-state index in [9.17, 15) is 4.79 Å². The van der Waals surface area contributed by atoms with Crippen LogP contribution in [0.3, 0.4) is 0 Å². The predicted molar refractivity (Wildman–Crippen MR) is 53.2 cm³/mol. The number of hydrogen-bond acceptors (Lipinski definition) is 2. The molecule has 1 aromatic carbocycles. The molecule has 0 amide bonds. The summed E-state index contributed by atoms with van der Waals surface area (Å²) < 4.78 is 0. The molecule has 0 atom stereocenters. The summed E-state index contributed by atoms with van der Waals surface area (Å²) in [6, 6.07) is 7.01. The first-order valence-corrected chi connectivity index (χ1v) is 5.12. The number of rotatable bonds is 3. The monoisotopic (exact) mass is 220 g/mol. The highest BCUT2D eigenvalue weighted by Crippen LogP contribution is 2.19. The second-order valence-electron chi connectivity index (χ2n) is 2.05. The van der Waals surface area contributed by atoms with Crippen molar-refractivity contribution in [2.75, 3.05) is 5.21 Å². The quantitative estimate of drug-likeness (QED) is 0.442. The molecule has 0 spiro atoms. The molecule has 0 aliphatic heterocycles. The van der Waals surface area contributed by atoms with Crippen LogP contribution >= 0.6 is 35.0 Å². The third-order valence-corrected chi connectivity index (χ3v) is 2.56. The lowest BCUT2D eigenvalue weighted by Gasteiger charge is -1.97. The molecule has 0 saturated heterocycles. The van der Waals surface area contributed by atoms with Crippen LogP contribution in [0.1, 0.15) is 10.4 Å². The van der Waals surface area contributed by atoms with Crippen LogP contribution < -0.4 is 0 Å². The van der Waals surface area contributed by atoms with Crippen LogP contribution in [0.15, 0.2) is 29.2 Å². The molecule has 0 saturated carbocycles. The van der Waals surface area contributed by atoms with Gasteiger partial charge in [-0.05, 0) is 35.9 Å². The Balaban J connectivity index is 2.78. The van der Waals surface area contributed by atoms with Gasteiger partial charge in [0.1, 0.15) is 0 Å². The summed E-state index contributed by atoms with van der Waals surface area (Å²) >= 11 is 12.3. The molecule has 0 fully saturated rings. The lowest BCUT2D eigenvalue weighted by molar-refractivity contribution is 0.108. The van der Waals surface area contributed by atoms with E-state index in [1.54, 1.807) is 12.1 Å². The number of carbonyl (C=O) groups is 1. The number of hydrogen-bond donors (Lipinski definition) is 0. The molecule has 0 heterocycles. The highest BCUT2D eigenvalue weighted by molar-refractivity contribution is 8.00. The fraction of sp³-hybridized carbons (Fsp3) is 0.125. The van der Waals surface area contributed by atoms with Crippen LogP contribution in [-0.4, -0.2) is 10.5 Å². The van der Waals surface area contributed by atoms with E-state index in [4.69, 9.17) is 23.2 Å². The van der Waals surface area contributed by atoms with Gasteiger partial charge in [0.2, 0.25) is 0 Å². The van der Waals surface area contributed by atoms with Crippen LogP contribution in [0.5, 0.6) is 0 Å². The minimum atomic E-state index is -0.433. The summed E-state index contributed by atoms with van der Waals surface area (Å²) in [5.41, 5.74) is 0.510. The molecule has 0 radical (unpaired) electrons. The predicted octanol–water partition coefficient (Wildman–Crippen LogP) is 3.35. The molecule has 4 heteroatoms. The van der Waals surface area contributed by atoms with Gasteiger partial charge in [0.25, 0.3) is 5.24 Å². The van der Waals surface area contributed by atoms with Crippen LogP contribution in [-0.2, 0) is 0 Å². The number of benzene rings is 1. The molecule has 1 aromatic rings. The average Bonchev–Trinajstić information content (AvgIpc) is 2.06. The Hall–Kier alpha value is -0.180. The molecule has 12 heavy (non-hydrogen) atoms. The van der Waals surface area contributed by atoms with Gasteiger partial charge in [-0.2, -0.15) is 0 Å². The Morgan fingerprint density at radius 3 is 2.33 bits per heavy atom. The van der Waals surface area contributed by atoms with E-state index < -0.39 is 5.24 Å².